The first kappa shape index (κ1) is 15.3. The van der Waals surface area contributed by atoms with Crippen LogP contribution in [0.1, 0.15) is 29.4 Å². The van der Waals surface area contributed by atoms with Crippen molar-refractivity contribution in [2.24, 2.45) is 4.99 Å². The summed E-state index contributed by atoms with van der Waals surface area (Å²) < 4.78 is 5.05. The second-order valence-electron chi connectivity index (χ2n) is 5.34. The standard InChI is InChI=1S/C16H21N5O2/c1-2-23-15(22)11-5-6-14-12(10-11)13(20-21-14)4-3-7-17-16-18-8-9-19-16/h5-6,10H,2-4,7-9H2,1H3,(H,20,21)(H2,17,18,19). The third-order valence-electron chi connectivity index (χ3n) is 3.71. The van der Waals surface area contributed by atoms with Crippen LogP contribution >= 0.6 is 0 Å². The van der Waals surface area contributed by atoms with Crippen molar-refractivity contribution in [3.63, 3.8) is 0 Å². The molecule has 3 rings (SSSR count). The molecule has 1 aromatic heterocycles. The van der Waals surface area contributed by atoms with Gasteiger partial charge in [0.1, 0.15) is 0 Å². The minimum absolute atomic E-state index is 0.298. The Bertz CT molecular complexity index is 722. The number of hydrogen-bond donors (Lipinski definition) is 3. The summed E-state index contributed by atoms with van der Waals surface area (Å²) in [4.78, 5) is 16.1. The SMILES string of the molecule is CCOC(=O)c1ccc2[nH]nc(CCCNC3=NCCN3)c2c1. The molecule has 1 aromatic carbocycles. The first-order chi connectivity index (χ1) is 11.3. The van der Waals surface area contributed by atoms with Gasteiger partial charge in [0, 0.05) is 18.5 Å². The zero-order valence-electron chi connectivity index (χ0n) is 13.2. The van der Waals surface area contributed by atoms with Gasteiger partial charge in [-0.15, -0.1) is 0 Å². The fourth-order valence-corrected chi connectivity index (χ4v) is 2.58. The highest BCUT2D eigenvalue weighted by molar-refractivity contribution is 5.95. The summed E-state index contributed by atoms with van der Waals surface area (Å²) in [5.41, 5.74) is 2.46. The number of aromatic nitrogens is 2. The quantitative estimate of drug-likeness (QED) is 0.551. The molecule has 0 atom stereocenters. The van der Waals surface area contributed by atoms with E-state index in [-0.39, 0.29) is 5.97 Å². The second kappa shape index (κ2) is 7.13. The Hall–Kier alpha value is -2.57. The molecule has 0 unspecified atom stereocenters. The molecule has 0 saturated carbocycles. The second-order valence-corrected chi connectivity index (χ2v) is 5.34. The molecule has 2 aromatic rings. The molecule has 7 heteroatoms. The lowest BCUT2D eigenvalue weighted by molar-refractivity contribution is 0.0526. The van der Waals surface area contributed by atoms with Crippen LogP contribution in [0.15, 0.2) is 23.2 Å². The van der Waals surface area contributed by atoms with Crippen molar-refractivity contribution in [3.8, 4) is 0 Å². The van der Waals surface area contributed by atoms with Gasteiger partial charge in [0.15, 0.2) is 5.96 Å². The van der Waals surface area contributed by atoms with Crippen molar-refractivity contribution in [3.05, 3.63) is 29.5 Å². The Kier molecular flexibility index (Phi) is 4.75. The van der Waals surface area contributed by atoms with Gasteiger partial charge in [-0.05, 0) is 38.0 Å². The number of nitrogens with one attached hydrogen (secondary N) is 3. The summed E-state index contributed by atoms with van der Waals surface area (Å²) in [7, 11) is 0. The van der Waals surface area contributed by atoms with E-state index in [1.165, 1.54) is 0 Å². The van der Waals surface area contributed by atoms with Crippen LogP contribution in [0.5, 0.6) is 0 Å². The molecule has 0 aliphatic carbocycles. The van der Waals surface area contributed by atoms with Gasteiger partial charge in [-0.25, -0.2) is 4.79 Å². The third-order valence-corrected chi connectivity index (χ3v) is 3.71. The van der Waals surface area contributed by atoms with Crippen LogP contribution in [0.2, 0.25) is 0 Å². The largest absolute Gasteiger partial charge is 0.462 e. The Morgan fingerprint density at radius 3 is 3.13 bits per heavy atom. The molecule has 0 fully saturated rings. The van der Waals surface area contributed by atoms with E-state index in [2.05, 4.69) is 25.8 Å². The van der Waals surface area contributed by atoms with E-state index in [1.54, 1.807) is 13.0 Å². The number of nitrogens with zero attached hydrogens (tertiary/aromatic N) is 2. The van der Waals surface area contributed by atoms with E-state index in [0.717, 1.165) is 55.0 Å². The van der Waals surface area contributed by atoms with Gasteiger partial charge in [-0.1, -0.05) is 0 Å². The Morgan fingerprint density at radius 2 is 2.35 bits per heavy atom. The fraction of sp³-hybridized carbons (Fsp3) is 0.438. The van der Waals surface area contributed by atoms with E-state index in [4.69, 9.17) is 4.74 Å². The Balaban J connectivity index is 1.63. The zero-order valence-corrected chi connectivity index (χ0v) is 13.2. The maximum absolute atomic E-state index is 11.8. The molecule has 7 nitrogen and oxygen atoms in total. The smallest absolute Gasteiger partial charge is 0.338 e. The lowest BCUT2D eigenvalue weighted by Crippen LogP contribution is -2.34. The van der Waals surface area contributed by atoms with Crippen molar-refractivity contribution < 1.29 is 9.53 Å². The first-order valence-corrected chi connectivity index (χ1v) is 7.94. The van der Waals surface area contributed by atoms with Crippen LogP contribution in [0.25, 0.3) is 10.9 Å². The lowest BCUT2D eigenvalue weighted by Gasteiger charge is -2.05. The van der Waals surface area contributed by atoms with Crippen LogP contribution in [-0.4, -0.2) is 48.4 Å². The number of rotatable bonds is 6. The van der Waals surface area contributed by atoms with E-state index in [1.807, 2.05) is 12.1 Å². The van der Waals surface area contributed by atoms with Gasteiger partial charge in [0.2, 0.25) is 0 Å². The lowest BCUT2D eigenvalue weighted by atomic mass is 10.1. The maximum atomic E-state index is 11.8. The number of guanidine groups is 1. The topological polar surface area (TPSA) is 91.4 Å². The maximum Gasteiger partial charge on any atom is 0.338 e. The van der Waals surface area contributed by atoms with E-state index < -0.39 is 0 Å². The molecule has 0 radical (unpaired) electrons. The molecule has 0 spiro atoms. The summed E-state index contributed by atoms with van der Waals surface area (Å²) in [6, 6.07) is 5.48. The minimum atomic E-state index is -0.298. The van der Waals surface area contributed by atoms with Gasteiger partial charge >= 0.3 is 5.97 Å². The fourth-order valence-electron chi connectivity index (χ4n) is 2.58. The predicted molar refractivity (Wildman–Crippen MR) is 88.7 cm³/mol. The molecule has 3 N–H and O–H groups in total. The number of ether oxygens (including phenoxy) is 1. The molecule has 1 aliphatic rings. The van der Waals surface area contributed by atoms with E-state index in [0.29, 0.717) is 12.2 Å². The van der Waals surface area contributed by atoms with Crippen molar-refractivity contribution in [2.45, 2.75) is 19.8 Å². The molecule has 0 amide bonds. The highest BCUT2D eigenvalue weighted by Gasteiger charge is 2.11. The molecule has 23 heavy (non-hydrogen) atoms. The molecule has 0 bridgehead atoms. The van der Waals surface area contributed by atoms with Crippen LogP contribution in [0.3, 0.4) is 0 Å². The molecular formula is C16H21N5O2. The Morgan fingerprint density at radius 1 is 1.43 bits per heavy atom. The number of hydrogen-bond acceptors (Lipinski definition) is 6. The van der Waals surface area contributed by atoms with Crippen molar-refractivity contribution in [1.82, 2.24) is 20.8 Å². The molecule has 1 aliphatic heterocycles. The summed E-state index contributed by atoms with van der Waals surface area (Å²) in [6.45, 7) is 4.75. The summed E-state index contributed by atoms with van der Waals surface area (Å²) in [6.07, 6.45) is 1.76. The predicted octanol–water partition coefficient (Wildman–Crippen LogP) is 1.22. The van der Waals surface area contributed by atoms with E-state index >= 15 is 0 Å². The highest BCUT2D eigenvalue weighted by Crippen LogP contribution is 2.19. The molecule has 122 valence electrons. The van der Waals surface area contributed by atoms with Crippen LogP contribution in [-0.2, 0) is 11.2 Å². The first-order valence-electron chi connectivity index (χ1n) is 7.94. The normalized spacial score (nSPS) is 13.7. The number of carbonyl (C=O) groups excluding carboxylic acids is 1. The summed E-state index contributed by atoms with van der Waals surface area (Å²) in [5, 5.41) is 14.8. The number of carbonyl (C=O) groups is 1. The number of esters is 1. The number of aryl methyl sites for hydroxylation is 1. The van der Waals surface area contributed by atoms with Gasteiger partial charge in [0.05, 0.1) is 29.9 Å². The van der Waals surface area contributed by atoms with Crippen molar-refractivity contribution in [2.75, 3.05) is 26.2 Å². The van der Waals surface area contributed by atoms with Crippen molar-refractivity contribution in [1.29, 1.82) is 0 Å². The zero-order chi connectivity index (χ0) is 16.1. The van der Waals surface area contributed by atoms with Gasteiger partial charge in [-0.2, -0.15) is 5.10 Å². The number of H-pyrrole nitrogens is 1. The van der Waals surface area contributed by atoms with Crippen molar-refractivity contribution >= 4 is 22.8 Å². The van der Waals surface area contributed by atoms with Gasteiger partial charge in [0.25, 0.3) is 0 Å². The number of aliphatic imine (C=N–C) groups is 1. The number of aromatic amines is 1. The number of benzene rings is 1. The van der Waals surface area contributed by atoms with Gasteiger partial charge in [-0.3, -0.25) is 10.1 Å². The summed E-state index contributed by atoms with van der Waals surface area (Å²) in [5.74, 6) is 0.579. The molecule has 2 heterocycles. The van der Waals surface area contributed by atoms with Crippen LogP contribution in [0, 0.1) is 0 Å². The monoisotopic (exact) mass is 315 g/mol. The van der Waals surface area contributed by atoms with E-state index in [9.17, 15) is 4.79 Å². The van der Waals surface area contributed by atoms with Crippen LogP contribution in [0.4, 0.5) is 0 Å². The van der Waals surface area contributed by atoms with Crippen LogP contribution < -0.4 is 10.6 Å². The molecular weight excluding hydrogens is 294 g/mol. The average Bonchev–Trinajstić information content (AvgIpc) is 3.21. The average molecular weight is 315 g/mol. The highest BCUT2D eigenvalue weighted by atomic mass is 16.5. The van der Waals surface area contributed by atoms with Gasteiger partial charge < -0.3 is 15.4 Å². The summed E-state index contributed by atoms with van der Waals surface area (Å²) >= 11 is 0. The molecule has 0 saturated heterocycles. The Labute approximate surface area is 134 Å². The number of fused-ring (bicyclic) bond motifs is 1. The third kappa shape index (κ3) is 3.61. The minimum Gasteiger partial charge on any atom is -0.462 e.